The maximum Gasteiger partial charge on any atom is 0.295 e. The van der Waals surface area contributed by atoms with E-state index in [4.69, 9.17) is 0 Å². The second kappa shape index (κ2) is 7.84. The molecule has 24 heavy (non-hydrogen) atoms. The van der Waals surface area contributed by atoms with Crippen LogP contribution < -0.4 is 5.32 Å². The number of nitrogens with one attached hydrogen (secondary N) is 1. The molecule has 1 aliphatic heterocycles. The summed E-state index contributed by atoms with van der Waals surface area (Å²) in [6.07, 6.45) is 3.54. The summed E-state index contributed by atoms with van der Waals surface area (Å²) in [4.78, 5) is 28.9. The third-order valence-corrected chi connectivity index (χ3v) is 3.71. The Hall–Kier alpha value is -2.52. The molecule has 1 saturated heterocycles. The second-order valence-electron chi connectivity index (χ2n) is 5.20. The lowest BCUT2D eigenvalue weighted by molar-refractivity contribution is -0.384. The summed E-state index contributed by atoms with van der Waals surface area (Å²) >= 11 is 0. The fourth-order valence-corrected chi connectivity index (χ4v) is 2.56. The molecule has 0 radical (unpaired) electrons. The number of carbonyl (C=O) groups excluding carboxylic acids is 1. The number of rotatable bonds is 3. The summed E-state index contributed by atoms with van der Waals surface area (Å²) in [6, 6.07) is 4.42. The van der Waals surface area contributed by atoms with Crippen LogP contribution in [0.1, 0.15) is 16.8 Å². The lowest BCUT2D eigenvalue weighted by atomic mass is 10.1. The molecule has 1 amide bonds. The molecule has 3 rings (SSSR count). The van der Waals surface area contributed by atoms with Crippen molar-refractivity contribution >= 4 is 24.0 Å². The van der Waals surface area contributed by atoms with E-state index in [9.17, 15) is 14.9 Å². The van der Waals surface area contributed by atoms with E-state index in [1.807, 2.05) is 0 Å². The van der Waals surface area contributed by atoms with Crippen LogP contribution in [-0.2, 0) is 0 Å². The Morgan fingerprint density at radius 2 is 2.12 bits per heavy atom. The van der Waals surface area contributed by atoms with E-state index in [0.29, 0.717) is 18.7 Å². The fraction of sp³-hybridized carbons (Fsp3) is 0.357. The molecule has 0 atom stereocenters. The number of benzene rings is 1. The van der Waals surface area contributed by atoms with Crippen molar-refractivity contribution in [3.8, 4) is 5.69 Å². The van der Waals surface area contributed by atoms with Crippen LogP contribution in [0.15, 0.2) is 30.9 Å². The third kappa shape index (κ3) is 3.69. The molecular weight excluding hydrogens is 336 g/mol. The molecule has 1 aromatic heterocycles. The maximum absolute atomic E-state index is 12.6. The molecule has 0 saturated carbocycles. The number of nitrogens with zero attached hydrogens (tertiary/aromatic N) is 5. The highest BCUT2D eigenvalue weighted by Crippen LogP contribution is 2.24. The fourth-order valence-electron chi connectivity index (χ4n) is 2.56. The van der Waals surface area contributed by atoms with Gasteiger partial charge in [-0.1, -0.05) is 0 Å². The first-order chi connectivity index (χ1) is 11.2. The molecule has 9 nitrogen and oxygen atoms in total. The minimum absolute atomic E-state index is 0. The summed E-state index contributed by atoms with van der Waals surface area (Å²) in [7, 11) is 0. The summed E-state index contributed by atoms with van der Waals surface area (Å²) in [5.74, 6) is -0.193. The van der Waals surface area contributed by atoms with E-state index in [1.54, 1.807) is 11.0 Å². The molecule has 1 fully saturated rings. The standard InChI is InChI=1S/C14H16N6O3.ClH/c21-14(18-6-1-4-15-5-7-18)11-2-3-12(13(8-11)20(22)23)19-10-16-9-17-19;/h2-3,8-10,15H,1,4-7H2;1H. The van der Waals surface area contributed by atoms with Crippen LogP contribution in [0.3, 0.4) is 0 Å². The quantitative estimate of drug-likeness (QED) is 0.653. The average molecular weight is 353 g/mol. The van der Waals surface area contributed by atoms with E-state index in [0.717, 1.165) is 19.5 Å². The number of nitro benzene ring substituents is 1. The van der Waals surface area contributed by atoms with Gasteiger partial charge in [0.2, 0.25) is 0 Å². The minimum atomic E-state index is -0.516. The van der Waals surface area contributed by atoms with Gasteiger partial charge in [-0.25, -0.2) is 9.67 Å². The van der Waals surface area contributed by atoms with E-state index in [2.05, 4.69) is 15.4 Å². The topological polar surface area (TPSA) is 106 Å². The Morgan fingerprint density at radius 3 is 2.83 bits per heavy atom. The van der Waals surface area contributed by atoms with Crippen LogP contribution in [0.4, 0.5) is 5.69 Å². The highest BCUT2D eigenvalue weighted by Gasteiger charge is 2.22. The predicted molar refractivity (Wildman–Crippen MR) is 88.7 cm³/mol. The number of hydrogen-bond donors (Lipinski definition) is 1. The Labute approximate surface area is 144 Å². The SMILES string of the molecule is Cl.O=C(c1ccc(-n2cncn2)c([N+](=O)[O-])c1)N1CCCNCC1. The smallest absolute Gasteiger partial charge is 0.295 e. The third-order valence-electron chi connectivity index (χ3n) is 3.71. The van der Waals surface area contributed by atoms with Crippen LogP contribution in [-0.4, -0.2) is 56.7 Å². The zero-order valence-corrected chi connectivity index (χ0v) is 13.6. The van der Waals surface area contributed by atoms with Crippen LogP contribution in [0, 0.1) is 10.1 Å². The number of nitro groups is 1. The summed E-state index contributed by atoms with van der Waals surface area (Å²) in [5, 5.41) is 18.5. The number of aromatic nitrogens is 3. The summed E-state index contributed by atoms with van der Waals surface area (Å²) in [5.41, 5.74) is 0.415. The molecule has 1 aliphatic rings. The average Bonchev–Trinajstić information content (AvgIpc) is 2.96. The van der Waals surface area contributed by atoms with Crippen LogP contribution in [0.2, 0.25) is 0 Å². The van der Waals surface area contributed by atoms with Gasteiger partial charge in [-0.3, -0.25) is 14.9 Å². The zero-order chi connectivity index (χ0) is 16.2. The van der Waals surface area contributed by atoms with Crippen molar-refractivity contribution in [2.75, 3.05) is 26.2 Å². The molecule has 1 N–H and O–H groups in total. The van der Waals surface area contributed by atoms with Gasteiger partial charge in [0.25, 0.3) is 11.6 Å². The number of carbonyl (C=O) groups is 1. The molecule has 2 aromatic rings. The maximum atomic E-state index is 12.6. The normalized spacial score (nSPS) is 14.6. The first-order valence-corrected chi connectivity index (χ1v) is 7.30. The number of amides is 1. The first-order valence-electron chi connectivity index (χ1n) is 7.30. The molecule has 128 valence electrons. The molecule has 0 unspecified atom stereocenters. The molecule has 0 aliphatic carbocycles. The van der Waals surface area contributed by atoms with Crippen molar-refractivity contribution < 1.29 is 9.72 Å². The Morgan fingerprint density at radius 1 is 1.29 bits per heavy atom. The highest BCUT2D eigenvalue weighted by atomic mass is 35.5. The van der Waals surface area contributed by atoms with Gasteiger partial charge in [0.1, 0.15) is 18.3 Å². The van der Waals surface area contributed by atoms with Gasteiger partial charge in [-0.15, -0.1) is 12.4 Å². The molecule has 0 spiro atoms. The van der Waals surface area contributed by atoms with Crippen molar-refractivity contribution in [3.05, 3.63) is 46.5 Å². The molecule has 2 heterocycles. The number of hydrogen-bond acceptors (Lipinski definition) is 6. The summed E-state index contributed by atoms with van der Waals surface area (Å²) in [6.45, 7) is 2.84. The van der Waals surface area contributed by atoms with Crippen molar-refractivity contribution in [1.29, 1.82) is 0 Å². The van der Waals surface area contributed by atoms with Gasteiger partial charge >= 0.3 is 0 Å². The van der Waals surface area contributed by atoms with Crippen LogP contribution >= 0.6 is 12.4 Å². The van der Waals surface area contributed by atoms with E-state index in [-0.39, 0.29) is 29.7 Å². The van der Waals surface area contributed by atoms with E-state index < -0.39 is 4.92 Å². The Bertz CT molecular complexity index is 713. The van der Waals surface area contributed by atoms with Gasteiger partial charge in [-0.05, 0) is 25.1 Å². The van der Waals surface area contributed by atoms with Gasteiger partial charge in [0, 0.05) is 31.3 Å². The largest absolute Gasteiger partial charge is 0.337 e. The van der Waals surface area contributed by atoms with Gasteiger partial charge < -0.3 is 10.2 Å². The Balaban J connectivity index is 0.00000208. The van der Waals surface area contributed by atoms with Crippen LogP contribution in [0.5, 0.6) is 0 Å². The van der Waals surface area contributed by atoms with E-state index >= 15 is 0 Å². The Kier molecular flexibility index (Phi) is 5.83. The summed E-state index contributed by atoms with van der Waals surface area (Å²) < 4.78 is 1.31. The van der Waals surface area contributed by atoms with Crippen molar-refractivity contribution in [3.63, 3.8) is 0 Å². The van der Waals surface area contributed by atoms with Crippen molar-refractivity contribution in [1.82, 2.24) is 25.0 Å². The minimum Gasteiger partial charge on any atom is -0.337 e. The molecule has 1 aromatic carbocycles. The molecule has 0 bridgehead atoms. The van der Waals surface area contributed by atoms with Gasteiger partial charge in [-0.2, -0.15) is 5.10 Å². The monoisotopic (exact) mass is 352 g/mol. The lowest BCUT2D eigenvalue weighted by Gasteiger charge is -2.20. The molecule has 10 heteroatoms. The molecular formula is C14H17ClN6O3. The van der Waals surface area contributed by atoms with Crippen molar-refractivity contribution in [2.24, 2.45) is 0 Å². The zero-order valence-electron chi connectivity index (χ0n) is 12.8. The van der Waals surface area contributed by atoms with Crippen LogP contribution in [0.25, 0.3) is 5.69 Å². The highest BCUT2D eigenvalue weighted by molar-refractivity contribution is 5.95. The van der Waals surface area contributed by atoms with Gasteiger partial charge in [0.15, 0.2) is 0 Å². The first kappa shape index (κ1) is 17.8. The van der Waals surface area contributed by atoms with E-state index in [1.165, 1.54) is 29.5 Å². The van der Waals surface area contributed by atoms with Gasteiger partial charge in [0.05, 0.1) is 4.92 Å². The number of halogens is 1. The lowest BCUT2D eigenvalue weighted by Crippen LogP contribution is -2.34. The second-order valence-corrected chi connectivity index (χ2v) is 5.20. The van der Waals surface area contributed by atoms with Crippen molar-refractivity contribution in [2.45, 2.75) is 6.42 Å². The predicted octanol–water partition coefficient (Wildman–Crippen LogP) is 1.03.